The van der Waals surface area contributed by atoms with Gasteiger partial charge in [0.25, 0.3) is 0 Å². The third kappa shape index (κ3) is 7.23. The Kier molecular flexibility index (Phi) is 7.02. The van der Waals surface area contributed by atoms with E-state index in [1.807, 2.05) is 24.3 Å². The molecule has 0 aliphatic heterocycles. The first-order chi connectivity index (χ1) is 13.4. The maximum atomic E-state index is 12.1. The van der Waals surface area contributed by atoms with Gasteiger partial charge in [0.15, 0.2) is 5.78 Å². The zero-order valence-corrected chi connectivity index (χ0v) is 18.4. The van der Waals surface area contributed by atoms with Gasteiger partial charge in [-0.05, 0) is 45.2 Å². The molecule has 0 saturated heterocycles. The number of aliphatic hydroxyl groups is 1. The highest BCUT2D eigenvalue weighted by atomic mass is 16.3. The van der Waals surface area contributed by atoms with Gasteiger partial charge in [0.05, 0.1) is 0 Å². The normalized spacial score (nSPS) is 13.4. The number of benzene rings is 2. The molecule has 2 aromatic rings. The van der Waals surface area contributed by atoms with E-state index >= 15 is 0 Å². The minimum Gasteiger partial charge on any atom is -0.508 e. The van der Waals surface area contributed by atoms with Crippen LogP contribution in [-0.2, 0) is 15.6 Å². The zero-order valence-electron chi connectivity index (χ0n) is 18.4. The number of ketones is 1. The van der Waals surface area contributed by atoms with E-state index in [0.717, 1.165) is 11.1 Å². The van der Waals surface area contributed by atoms with Gasteiger partial charge in [-0.25, -0.2) is 0 Å². The molecule has 0 aliphatic rings. The summed E-state index contributed by atoms with van der Waals surface area (Å²) in [6.07, 6.45) is 7.78. The van der Waals surface area contributed by atoms with Crippen molar-refractivity contribution in [2.45, 2.75) is 52.4 Å². The fraction of sp³-hybridized carbons (Fsp3) is 0.296. The highest BCUT2D eigenvalue weighted by Crippen LogP contribution is 2.23. The quantitative estimate of drug-likeness (QED) is 0.339. The van der Waals surface area contributed by atoms with Gasteiger partial charge in [0, 0.05) is 6.08 Å². The molecule has 1 N–H and O–H groups in total. The summed E-state index contributed by atoms with van der Waals surface area (Å²) in [4.78, 5) is 12.1. The molecule has 0 unspecified atom stereocenters. The predicted molar refractivity (Wildman–Crippen MR) is 124 cm³/mol. The van der Waals surface area contributed by atoms with Crippen LogP contribution in [0.15, 0.2) is 72.5 Å². The average Bonchev–Trinajstić information content (AvgIpc) is 2.64. The standard InChI is InChI=1S/C27H32O2/c1-26(2,3)22-13-7-20(8-14-22)11-17-24(28)19-25(29)18-12-21-9-15-23(16-10-21)27(4,5)6/h7-19,28H,1-6H3/b17-11+,18-12+,24-19-. The van der Waals surface area contributed by atoms with E-state index < -0.39 is 0 Å². The Bertz CT molecular complexity index is 910. The lowest BCUT2D eigenvalue weighted by Crippen LogP contribution is -2.10. The molecule has 2 heteroatoms. The molecule has 0 fully saturated rings. The number of hydrogen-bond acceptors (Lipinski definition) is 2. The van der Waals surface area contributed by atoms with Gasteiger partial charge in [0.2, 0.25) is 0 Å². The van der Waals surface area contributed by atoms with Crippen molar-refractivity contribution in [2.75, 3.05) is 0 Å². The van der Waals surface area contributed by atoms with E-state index in [4.69, 9.17) is 0 Å². The number of hydrogen-bond donors (Lipinski definition) is 1. The third-order valence-corrected chi connectivity index (χ3v) is 4.73. The Morgan fingerprint density at radius 3 is 1.45 bits per heavy atom. The summed E-state index contributed by atoms with van der Waals surface area (Å²) in [7, 11) is 0. The second-order valence-electron chi connectivity index (χ2n) is 9.38. The molecule has 0 saturated carbocycles. The molecule has 0 radical (unpaired) electrons. The van der Waals surface area contributed by atoms with Crippen molar-refractivity contribution >= 4 is 17.9 Å². The summed E-state index contributed by atoms with van der Waals surface area (Å²) in [5.41, 5.74) is 4.64. The summed E-state index contributed by atoms with van der Waals surface area (Å²) in [5.74, 6) is -0.322. The van der Waals surface area contributed by atoms with Crippen LogP contribution in [0, 0.1) is 0 Å². The molecule has 0 aliphatic carbocycles. The van der Waals surface area contributed by atoms with Crippen LogP contribution in [0.1, 0.15) is 63.8 Å². The number of allylic oxidation sites excluding steroid dienone is 3. The van der Waals surface area contributed by atoms with Gasteiger partial charge in [-0.15, -0.1) is 0 Å². The first-order valence-corrected chi connectivity index (χ1v) is 9.97. The molecule has 2 aromatic carbocycles. The van der Waals surface area contributed by atoms with Crippen LogP contribution < -0.4 is 0 Å². The molecule has 0 spiro atoms. The van der Waals surface area contributed by atoms with E-state index in [0.29, 0.717) is 0 Å². The zero-order chi connectivity index (χ0) is 21.7. The Morgan fingerprint density at radius 2 is 1.07 bits per heavy atom. The smallest absolute Gasteiger partial charge is 0.182 e. The lowest BCUT2D eigenvalue weighted by molar-refractivity contribution is -0.110. The van der Waals surface area contributed by atoms with Crippen LogP contribution in [0.4, 0.5) is 0 Å². The van der Waals surface area contributed by atoms with Crippen LogP contribution in [0.3, 0.4) is 0 Å². The maximum Gasteiger partial charge on any atom is 0.182 e. The van der Waals surface area contributed by atoms with E-state index in [1.165, 1.54) is 29.4 Å². The van der Waals surface area contributed by atoms with E-state index in [9.17, 15) is 9.90 Å². The minimum atomic E-state index is -0.255. The first kappa shape index (κ1) is 22.4. The Hall–Kier alpha value is -2.87. The molecular weight excluding hydrogens is 356 g/mol. The van der Waals surface area contributed by atoms with Gasteiger partial charge in [-0.3, -0.25) is 4.79 Å². The Labute approximate surface area is 175 Å². The van der Waals surface area contributed by atoms with Crippen LogP contribution in [0.25, 0.3) is 12.2 Å². The second-order valence-corrected chi connectivity index (χ2v) is 9.38. The van der Waals surface area contributed by atoms with Gasteiger partial charge in [-0.1, -0.05) is 102 Å². The summed E-state index contributed by atoms with van der Waals surface area (Å²) in [5, 5.41) is 10.0. The van der Waals surface area contributed by atoms with Crippen molar-refractivity contribution in [1.29, 1.82) is 0 Å². The monoisotopic (exact) mass is 388 g/mol. The van der Waals surface area contributed by atoms with Gasteiger partial charge in [0.1, 0.15) is 5.76 Å². The van der Waals surface area contributed by atoms with Crippen molar-refractivity contribution in [3.8, 4) is 0 Å². The topological polar surface area (TPSA) is 37.3 Å². The summed E-state index contributed by atoms with van der Waals surface area (Å²) in [6.45, 7) is 13.0. The summed E-state index contributed by atoms with van der Waals surface area (Å²) >= 11 is 0. The third-order valence-electron chi connectivity index (χ3n) is 4.73. The molecule has 0 bridgehead atoms. The van der Waals surface area contributed by atoms with Crippen LogP contribution in [0.2, 0.25) is 0 Å². The largest absolute Gasteiger partial charge is 0.508 e. The number of carbonyl (C=O) groups is 1. The highest BCUT2D eigenvalue weighted by Gasteiger charge is 2.13. The lowest BCUT2D eigenvalue weighted by Gasteiger charge is -2.18. The molecule has 0 amide bonds. The van der Waals surface area contributed by atoms with Crippen molar-refractivity contribution in [3.05, 3.63) is 94.8 Å². The molecule has 0 heterocycles. The summed E-state index contributed by atoms with van der Waals surface area (Å²) < 4.78 is 0. The van der Waals surface area contributed by atoms with Crippen molar-refractivity contribution in [3.63, 3.8) is 0 Å². The Morgan fingerprint density at radius 1 is 0.690 bits per heavy atom. The van der Waals surface area contributed by atoms with Crippen molar-refractivity contribution in [1.82, 2.24) is 0 Å². The first-order valence-electron chi connectivity index (χ1n) is 9.97. The number of carbonyl (C=O) groups excluding carboxylic acids is 1. The highest BCUT2D eigenvalue weighted by molar-refractivity contribution is 6.02. The molecule has 0 atom stereocenters. The molecule has 152 valence electrons. The van der Waals surface area contributed by atoms with E-state index in [2.05, 4.69) is 65.8 Å². The molecule has 0 aromatic heterocycles. The Balaban J connectivity index is 1.99. The minimum absolute atomic E-state index is 0.0670. The molecular formula is C27H32O2. The lowest BCUT2D eigenvalue weighted by atomic mass is 9.87. The molecule has 29 heavy (non-hydrogen) atoms. The van der Waals surface area contributed by atoms with Crippen LogP contribution in [0.5, 0.6) is 0 Å². The van der Waals surface area contributed by atoms with Crippen molar-refractivity contribution < 1.29 is 9.90 Å². The molecule has 2 rings (SSSR count). The summed E-state index contributed by atoms with van der Waals surface area (Å²) in [6, 6.07) is 16.3. The average molecular weight is 389 g/mol. The van der Waals surface area contributed by atoms with Gasteiger partial charge >= 0.3 is 0 Å². The van der Waals surface area contributed by atoms with Crippen molar-refractivity contribution in [2.24, 2.45) is 0 Å². The number of rotatable bonds is 5. The van der Waals surface area contributed by atoms with Crippen LogP contribution >= 0.6 is 0 Å². The molecule has 2 nitrogen and oxygen atoms in total. The SMILES string of the molecule is CC(C)(C)c1ccc(/C=C/C(=O)/C=C(O)/C=C/c2ccc(C(C)(C)C)cc2)cc1. The van der Waals surface area contributed by atoms with Gasteiger partial charge < -0.3 is 5.11 Å². The van der Waals surface area contributed by atoms with Gasteiger partial charge in [-0.2, -0.15) is 0 Å². The maximum absolute atomic E-state index is 12.1. The van der Waals surface area contributed by atoms with Crippen LogP contribution in [-0.4, -0.2) is 10.9 Å². The predicted octanol–water partition coefficient (Wildman–Crippen LogP) is 7.02. The van der Waals surface area contributed by atoms with E-state index in [-0.39, 0.29) is 22.4 Å². The van der Waals surface area contributed by atoms with E-state index in [1.54, 1.807) is 12.2 Å². The fourth-order valence-corrected chi connectivity index (χ4v) is 2.79. The fourth-order valence-electron chi connectivity index (χ4n) is 2.79. The second kappa shape index (κ2) is 9.09. The number of aliphatic hydroxyl groups excluding tert-OH is 1.